The normalized spacial score (nSPS) is 9.23. The standard InChI is InChI=1S/C7H6N2O4/c10-6(11)9(7(12)13)5-2-1-3-8-4-5/h1-4H,(H,10,11)(H,12,13). The maximum absolute atomic E-state index is 10.5. The number of amides is 2. The zero-order valence-electron chi connectivity index (χ0n) is 6.41. The molecule has 0 saturated heterocycles. The van der Waals surface area contributed by atoms with Crippen molar-refractivity contribution in [2.75, 3.05) is 4.90 Å². The molecule has 1 heterocycles. The molecule has 0 aliphatic rings. The highest BCUT2D eigenvalue weighted by Gasteiger charge is 2.21. The van der Waals surface area contributed by atoms with Gasteiger partial charge in [-0.15, -0.1) is 0 Å². The average molecular weight is 182 g/mol. The first-order valence-corrected chi connectivity index (χ1v) is 3.29. The van der Waals surface area contributed by atoms with Gasteiger partial charge in [0.2, 0.25) is 0 Å². The molecule has 2 amide bonds. The number of rotatable bonds is 1. The maximum atomic E-state index is 10.5. The molecule has 1 rings (SSSR count). The van der Waals surface area contributed by atoms with Gasteiger partial charge in [0.05, 0.1) is 11.9 Å². The molecular formula is C7H6N2O4. The van der Waals surface area contributed by atoms with Crippen LogP contribution in [-0.2, 0) is 0 Å². The van der Waals surface area contributed by atoms with Crippen molar-refractivity contribution < 1.29 is 19.8 Å². The van der Waals surface area contributed by atoms with E-state index in [-0.39, 0.29) is 10.6 Å². The summed E-state index contributed by atoms with van der Waals surface area (Å²) in [5.74, 6) is 0. The van der Waals surface area contributed by atoms with Crippen molar-refractivity contribution in [3.63, 3.8) is 0 Å². The van der Waals surface area contributed by atoms with E-state index in [1.165, 1.54) is 18.3 Å². The molecule has 0 bridgehead atoms. The molecule has 0 spiro atoms. The number of imide groups is 1. The molecule has 0 saturated carbocycles. The summed E-state index contributed by atoms with van der Waals surface area (Å²) in [6.45, 7) is 0. The maximum Gasteiger partial charge on any atom is 0.421 e. The molecule has 6 nitrogen and oxygen atoms in total. The van der Waals surface area contributed by atoms with Crippen LogP contribution in [0.1, 0.15) is 0 Å². The SMILES string of the molecule is O=C(O)N(C(=O)O)c1cccnc1. The minimum atomic E-state index is -1.56. The second-order valence-electron chi connectivity index (χ2n) is 2.11. The highest BCUT2D eigenvalue weighted by atomic mass is 16.4. The van der Waals surface area contributed by atoms with Crippen LogP contribution in [0.15, 0.2) is 24.5 Å². The second kappa shape index (κ2) is 3.53. The van der Waals surface area contributed by atoms with Crippen molar-refractivity contribution in [1.29, 1.82) is 0 Å². The smallest absolute Gasteiger partial charge is 0.421 e. The third-order valence-electron chi connectivity index (χ3n) is 1.29. The summed E-state index contributed by atoms with van der Waals surface area (Å²) in [5, 5.41) is 17.0. The van der Waals surface area contributed by atoms with Crippen molar-refractivity contribution >= 4 is 17.9 Å². The lowest BCUT2D eigenvalue weighted by Crippen LogP contribution is -2.34. The van der Waals surface area contributed by atoms with E-state index in [1.807, 2.05) is 0 Å². The summed E-state index contributed by atoms with van der Waals surface area (Å²) in [6, 6.07) is 2.80. The fourth-order valence-electron chi connectivity index (χ4n) is 0.789. The second-order valence-corrected chi connectivity index (χ2v) is 2.11. The van der Waals surface area contributed by atoms with Crippen LogP contribution in [0.2, 0.25) is 0 Å². The number of carbonyl (C=O) groups is 2. The van der Waals surface area contributed by atoms with E-state index in [0.29, 0.717) is 0 Å². The first-order chi connectivity index (χ1) is 6.13. The lowest BCUT2D eigenvalue weighted by Gasteiger charge is -2.11. The number of pyridine rings is 1. The van der Waals surface area contributed by atoms with Gasteiger partial charge in [0.15, 0.2) is 0 Å². The zero-order valence-corrected chi connectivity index (χ0v) is 6.41. The van der Waals surface area contributed by atoms with Gasteiger partial charge in [-0.3, -0.25) is 4.98 Å². The molecule has 0 unspecified atom stereocenters. The third kappa shape index (κ3) is 1.92. The minimum Gasteiger partial charge on any atom is -0.464 e. The van der Waals surface area contributed by atoms with Gasteiger partial charge in [-0.05, 0) is 12.1 Å². The quantitative estimate of drug-likeness (QED) is 0.681. The molecule has 1 aromatic heterocycles. The van der Waals surface area contributed by atoms with Crippen LogP contribution in [0.4, 0.5) is 15.3 Å². The van der Waals surface area contributed by atoms with Crippen molar-refractivity contribution in [1.82, 2.24) is 4.98 Å². The van der Waals surface area contributed by atoms with E-state index in [4.69, 9.17) is 10.2 Å². The summed E-state index contributed by atoms with van der Waals surface area (Å²) >= 11 is 0. The highest BCUT2D eigenvalue weighted by Crippen LogP contribution is 2.11. The van der Waals surface area contributed by atoms with Crippen LogP contribution in [0, 0.1) is 0 Å². The molecule has 0 aliphatic carbocycles. The van der Waals surface area contributed by atoms with Gasteiger partial charge in [-0.2, -0.15) is 4.90 Å². The number of nitrogens with zero attached hydrogens (tertiary/aromatic N) is 2. The van der Waals surface area contributed by atoms with E-state index in [9.17, 15) is 9.59 Å². The van der Waals surface area contributed by atoms with Gasteiger partial charge in [0.1, 0.15) is 0 Å². The zero-order chi connectivity index (χ0) is 9.84. The summed E-state index contributed by atoms with van der Waals surface area (Å²) in [6.07, 6.45) is -0.533. The number of hydrogen-bond acceptors (Lipinski definition) is 3. The van der Waals surface area contributed by atoms with Crippen molar-refractivity contribution in [3.05, 3.63) is 24.5 Å². The number of hydrogen-bond donors (Lipinski definition) is 2. The first-order valence-electron chi connectivity index (χ1n) is 3.29. The Morgan fingerprint density at radius 2 is 1.92 bits per heavy atom. The molecule has 0 atom stereocenters. The molecule has 0 aromatic carbocycles. The molecule has 0 radical (unpaired) electrons. The predicted octanol–water partition coefficient (Wildman–Crippen LogP) is 1.24. The third-order valence-corrected chi connectivity index (χ3v) is 1.29. The fourth-order valence-corrected chi connectivity index (χ4v) is 0.789. The minimum absolute atomic E-state index is 0.00231. The summed E-state index contributed by atoms with van der Waals surface area (Å²) in [4.78, 5) is 24.7. The Kier molecular flexibility index (Phi) is 2.44. The van der Waals surface area contributed by atoms with Crippen molar-refractivity contribution in [2.24, 2.45) is 0 Å². The summed E-state index contributed by atoms with van der Waals surface area (Å²) < 4.78 is 0. The van der Waals surface area contributed by atoms with Crippen molar-refractivity contribution in [3.8, 4) is 0 Å². The molecule has 2 N–H and O–H groups in total. The average Bonchev–Trinajstić information content (AvgIpc) is 2.04. The Labute approximate surface area is 73.1 Å². The van der Waals surface area contributed by atoms with Gasteiger partial charge >= 0.3 is 12.2 Å². The van der Waals surface area contributed by atoms with Gasteiger partial charge in [0.25, 0.3) is 0 Å². The van der Waals surface area contributed by atoms with Crippen LogP contribution in [0.3, 0.4) is 0 Å². The van der Waals surface area contributed by atoms with E-state index in [2.05, 4.69) is 4.98 Å². The van der Waals surface area contributed by atoms with Crippen LogP contribution in [0.25, 0.3) is 0 Å². The Bertz CT molecular complexity index is 311. The van der Waals surface area contributed by atoms with E-state index in [1.54, 1.807) is 0 Å². The van der Waals surface area contributed by atoms with Crippen LogP contribution in [-0.4, -0.2) is 27.4 Å². The summed E-state index contributed by atoms with van der Waals surface area (Å²) in [5.41, 5.74) is 0.00231. The topological polar surface area (TPSA) is 90.7 Å². The molecule has 6 heteroatoms. The van der Waals surface area contributed by atoms with Crippen molar-refractivity contribution in [2.45, 2.75) is 0 Å². The molecule has 13 heavy (non-hydrogen) atoms. The molecule has 1 aromatic rings. The van der Waals surface area contributed by atoms with Gasteiger partial charge in [0, 0.05) is 6.20 Å². The fraction of sp³-hybridized carbons (Fsp3) is 0. The summed E-state index contributed by atoms with van der Waals surface area (Å²) in [7, 11) is 0. The number of carboxylic acid groups (broad SMARTS) is 2. The first kappa shape index (κ1) is 8.98. The Balaban J connectivity index is 3.03. The molecular weight excluding hydrogens is 176 g/mol. The van der Waals surface area contributed by atoms with Gasteiger partial charge < -0.3 is 10.2 Å². The molecule has 68 valence electrons. The van der Waals surface area contributed by atoms with Crippen LogP contribution >= 0.6 is 0 Å². The Morgan fingerprint density at radius 1 is 1.31 bits per heavy atom. The Morgan fingerprint density at radius 3 is 2.31 bits per heavy atom. The van der Waals surface area contributed by atoms with Crippen LogP contribution < -0.4 is 4.90 Å². The van der Waals surface area contributed by atoms with Gasteiger partial charge in [-0.25, -0.2) is 9.59 Å². The predicted molar refractivity (Wildman–Crippen MR) is 42.8 cm³/mol. The largest absolute Gasteiger partial charge is 0.464 e. The van der Waals surface area contributed by atoms with Gasteiger partial charge in [-0.1, -0.05) is 0 Å². The monoisotopic (exact) mass is 182 g/mol. The number of aromatic nitrogens is 1. The highest BCUT2D eigenvalue weighted by molar-refractivity contribution is 6.07. The van der Waals surface area contributed by atoms with E-state index in [0.717, 1.165) is 6.20 Å². The number of anilines is 1. The molecule has 0 fully saturated rings. The van der Waals surface area contributed by atoms with Crippen LogP contribution in [0.5, 0.6) is 0 Å². The van der Waals surface area contributed by atoms with E-state index < -0.39 is 12.2 Å². The lowest BCUT2D eigenvalue weighted by molar-refractivity contribution is 0.184. The lowest BCUT2D eigenvalue weighted by atomic mass is 10.4. The van der Waals surface area contributed by atoms with E-state index >= 15 is 0 Å². The molecule has 0 aliphatic heterocycles. The Hall–Kier alpha value is -2.11.